The van der Waals surface area contributed by atoms with Crippen molar-refractivity contribution in [3.63, 3.8) is 0 Å². The second-order valence-corrected chi connectivity index (χ2v) is 4.91. The van der Waals surface area contributed by atoms with Gasteiger partial charge >= 0.3 is 0 Å². The fraction of sp³-hybridized carbons (Fsp3) is 0.500. The molecule has 1 aliphatic rings. The molecule has 2 rings (SSSR count). The van der Waals surface area contributed by atoms with Crippen LogP contribution in [0.5, 0.6) is 5.75 Å². The van der Waals surface area contributed by atoms with Gasteiger partial charge in [0.05, 0.1) is 6.61 Å². The van der Waals surface area contributed by atoms with Crippen molar-refractivity contribution in [1.82, 2.24) is 9.80 Å². The molecule has 104 valence electrons. The fourth-order valence-electron chi connectivity index (χ4n) is 2.38. The van der Waals surface area contributed by atoms with Crippen LogP contribution in [0.15, 0.2) is 18.2 Å². The maximum absolute atomic E-state index is 12.3. The van der Waals surface area contributed by atoms with E-state index in [1.165, 1.54) is 6.07 Å². The Balaban J connectivity index is 2.01. The van der Waals surface area contributed by atoms with Crippen LogP contribution in [-0.2, 0) is 0 Å². The zero-order valence-corrected chi connectivity index (χ0v) is 11.2. The van der Waals surface area contributed by atoms with Gasteiger partial charge in [-0.2, -0.15) is 0 Å². The number of carbonyl (C=O) groups is 1. The SMILES string of the molecule is Cc1cc(O)cc(C(=O)N2CCN(CCO)CC2)c1. The van der Waals surface area contributed by atoms with E-state index >= 15 is 0 Å². The van der Waals surface area contributed by atoms with Crippen molar-refractivity contribution in [2.75, 3.05) is 39.3 Å². The number of aromatic hydroxyl groups is 1. The Morgan fingerprint density at radius 2 is 1.89 bits per heavy atom. The van der Waals surface area contributed by atoms with E-state index in [1.54, 1.807) is 17.0 Å². The number of benzene rings is 1. The lowest BCUT2D eigenvalue weighted by Gasteiger charge is -2.34. The van der Waals surface area contributed by atoms with Crippen LogP contribution in [0.3, 0.4) is 0 Å². The minimum Gasteiger partial charge on any atom is -0.508 e. The summed E-state index contributed by atoms with van der Waals surface area (Å²) in [5.74, 6) is 0.0879. The molecule has 1 heterocycles. The predicted molar refractivity (Wildman–Crippen MR) is 72.3 cm³/mol. The highest BCUT2D eigenvalue weighted by Crippen LogP contribution is 2.17. The van der Waals surface area contributed by atoms with Gasteiger partial charge in [-0.3, -0.25) is 9.69 Å². The first-order chi connectivity index (χ1) is 9.10. The third kappa shape index (κ3) is 3.45. The number of carbonyl (C=O) groups excluding carboxylic acids is 1. The molecule has 5 nitrogen and oxygen atoms in total. The van der Waals surface area contributed by atoms with Crippen LogP contribution in [0.25, 0.3) is 0 Å². The van der Waals surface area contributed by atoms with Gasteiger partial charge < -0.3 is 15.1 Å². The largest absolute Gasteiger partial charge is 0.508 e. The standard InChI is InChI=1S/C14H20N2O3/c1-11-8-12(10-13(18)9-11)14(19)16-4-2-15(3-5-16)6-7-17/h8-10,17-18H,2-7H2,1H3. The Kier molecular flexibility index (Phi) is 4.39. The van der Waals surface area contributed by atoms with Gasteiger partial charge in [0.25, 0.3) is 5.91 Å². The second-order valence-electron chi connectivity index (χ2n) is 4.91. The monoisotopic (exact) mass is 264 g/mol. The molecule has 0 atom stereocenters. The minimum absolute atomic E-state index is 0.0392. The van der Waals surface area contributed by atoms with E-state index in [9.17, 15) is 9.90 Å². The second kappa shape index (κ2) is 6.04. The summed E-state index contributed by atoms with van der Waals surface area (Å²) in [6, 6.07) is 4.94. The highest BCUT2D eigenvalue weighted by atomic mass is 16.3. The van der Waals surface area contributed by atoms with Crippen LogP contribution in [0.4, 0.5) is 0 Å². The Morgan fingerprint density at radius 3 is 2.47 bits per heavy atom. The third-order valence-electron chi connectivity index (χ3n) is 3.38. The summed E-state index contributed by atoms with van der Waals surface area (Å²) in [6.07, 6.45) is 0. The molecular weight excluding hydrogens is 244 g/mol. The first-order valence-electron chi connectivity index (χ1n) is 6.53. The summed E-state index contributed by atoms with van der Waals surface area (Å²) >= 11 is 0. The highest BCUT2D eigenvalue weighted by Gasteiger charge is 2.22. The number of phenolic OH excluding ortho intramolecular Hbond substituents is 1. The number of β-amino-alcohol motifs (C(OH)–C–C–N with tert-alkyl or cyclic N) is 1. The van der Waals surface area contributed by atoms with Crippen LogP contribution < -0.4 is 0 Å². The maximum Gasteiger partial charge on any atom is 0.254 e. The van der Waals surface area contributed by atoms with Crippen LogP contribution in [0.2, 0.25) is 0 Å². The van der Waals surface area contributed by atoms with E-state index in [0.717, 1.165) is 18.7 Å². The first kappa shape index (κ1) is 13.8. The average molecular weight is 264 g/mol. The maximum atomic E-state index is 12.3. The number of aliphatic hydroxyl groups is 1. The average Bonchev–Trinajstić information content (AvgIpc) is 2.38. The van der Waals surface area contributed by atoms with Gasteiger partial charge in [-0.15, -0.1) is 0 Å². The van der Waals surface area contributed by atoms with Gasteiger partial charge in [0.2, 0.25) is 0 Å². The number of aryl methyl sites for hydroxylation is 1. The molecule has 0 spiro atoms. The smallest absolute Gasteiger partial charge is 0.254 e. The Labute approximate surface area is 113 Å². The molecule has 0 radical (unpaired) electrons. The van der Waals surface area contributed by atoms with E-state index in [0.29, 0.717) is 25.2 Å². The van der Waals surface area contributed by atoms with E-state index in [-0.39, 0.29) is 18.3 Å². The summed E-state index contributed by atoms with van der Waals surface area (Å²) in [6.45, 7) is 5.55. The molecule has 1 saturated heterocycles. The van der Waals surface area contributed by atoms with Crippen molar-refractivity contribution >= 4 is 5.91 Å². The van der Waals surface area contributed by atoms with Crippen molar-refractivity contribution in [3.05, 3.63) is 29.3 Å². The lowest BCUT2D eigenvalue weighted by Crippen LogP contribution is -2.49. The molecule has 1 fully saturated rings. The molecule has 1 aliphatic heterocycles. The van der Waals surface area contributed by atoms with Gasteiger partial charge in [0.15, 0.2) is 0 Å². The van der Waals surface area contributed by atoms with E-state index < -0.39 is 0 Å². The molecule has 0 saturated carbocycles. The van der Waals surface area contributed by atoms with Crippen LogP contribution in [0.1, 0.15) is 15.9 Å². The molecular formula is C14H20N2O3. The number of hydrogen-bond acceptors (Lipinski definition) is 4. The third-order valence-corrected chi connectivity index (χ3v) is 3.38. The number of piperazine rings is 1. The summed E-state index contributed by atoms with van der Waals surface area (Å²) in [5.41, 5.74) is 1.41. The lowest BCUT2D eigenvalue weighted by molar-refractivity contribution is 0.0614. The Bertz CT molecular complexity index is 434. The Morgan fingerprint density at radius 1 is 1.21 bits per heavy atom. The first-order valence-corrected chi connectivity index (χ1v) is 6.53. The van der Waals surface area contributed by atoms with Gasteiger partial charge in [0.1, 0.15) is 5.75 Å². The van der Waals surface area contributed by atoms with E-state index in [2.05, 4.69) is 4.90 Å². The van der Waals surface area contributed by atoms with Crippen molar-refractivity contribution in [3.8, 4) is 5.75 Å². The van der Waals surface area contributed by atoms with Crippen LogP contribution in [0, 0.1) is 6.92 Å². The van der Waals surface area contributed by atoms with Crippen molar-refractivity contribution in [2.24, 2.45) is 0 Å². The number of aliphatic hydroxyl groups excluding tert-OH is 1. The number of nitrogens with zero attached hydrogens (tertiary/aromatic N) is 2. The molecule has 0 bridgehead atoms. The molecule has 5 heteroatoms. The number of phenols is 1. The van der Waals surface area contributed by atoms with E-state index in [4.69, 9.17) is 5.11 Å². The molecule has 1 aromatic carbocycles. The normalized spacial score (nSPS) is 16.6. The number of hydrogen-bond donors (Lipinski definition) is 2. The van der Waals surface area contributed by atoms with Crippen molar-refractivity contribution < 1.29 is 15.0 Å². The highest BCUT2D eigenvalue weighted by molar-refractivity contribution is 5.94. The summed E-state index contributed by atoms with van der Waals surface area (Å²) < 4.78 is 0. The van der Waals surface area contributed by atoms with Crippen molar-refractivity contribution in [2.45, 2.75) is 6.92 Å². The van der Waals surface area contributed by atoms with E-state index in [1.807, 2.05) is 6.92 Å². The van der Waals surface area contributed by atoms with Gasteiger partial charge in [-0.1, -0.05) is 0 Å². The van der Waals surface area contributed by atoms with Crippen LogP contribution in [-0.4, -0.2) is 65.3 Å². The topological polar surface area (TPSA) is 64.0 Å². The summed E-state index contributed by atoms with van der Waals surface area (Å²) in [7, 11) is 0. The molecule has 1 aromatic rings. The molecule has 0 unspecified atom stereocenters. The minimum atomic E-state index is -0.0392. The predicted octanol–water partition coefficient (Wildman–Crippen LogP) is 0.451. The number of amides is 1. The fourth-order valence-corrected chi connectivity index (χ4v) is 2.38. The lowest BCUT2D eigenvalue weighted by atomic mass is 10.1. The molecule has 19 heavy (non-hydrogen) atoms. The Hall–Kier alpha value is -1.59. The molecule has 0 aromatic heterocycles. The van der Waals surface area contributed by atoms with Gasteiger partial charge in [-0.05, 0) is 30.7 Å². The summed E-state index contributed by atoms with van der Waals surface area (Å²) in [5, 5.41) is 18.4. The van der Waals surface area contributed by atoms with Gasteiger partial charge in [0, 0.05) is 38.3 Å². The molecule has 2 N–H and O–H groups in total. The zero-order chi connectivity index (χ0) is 13.8. The quantitative estimate of drug-likeness (QED) is 0.832. The van der Waals surface area contributed by atoms with Crippen LogP contribution >= 0.6 is 0 Å². The molecule has 0 aliphatic carbocycles. The number of rotatable bonds is 3. The zero-order valence-electron chi connectivity index (χ0n) is 11.2. The molecule has 1 amide bonds. The summed E-state index contributed by atoms with van der Waals surface area (Å²) in [4.78, 5) is 16.2. The van der Waals surface area contributed by atoms with Gasteiger partial charge in [-0.25, -0.2) is 0 Å². The van der Waals surface area contributed by atoms with Crippen molar-refractivity contribution in [1.29, 1.82) is 0 Å².